The second-order valence-electron chi connectivity index (χ2n) is 8.16. The number of ketones is 1. The number of carbonyl (C=O) groups excluding carboxylic acids is 2. The van der Waals surface area contributed by atoms with Crippen LogP contribution in [0.4, 0.5) is 0 Å². The van der Waals surface area contributed by atoms with E-state index in [2.05, 4.69) is 18.7 Å². The predicted molar refractivity (Wildman–Crippen MR) is 130 cm³/mol. The van der Waals surface area contributed by atoms with Crippen molar-refractivity contribution in [3.63, 3.8) is 0 Å². The lowest BCUT2D eigenvalue weighted by molar-refractivity contribution is -0.140. The molecule has 1 N–H and O–H groups in total. The van der Waals surface area contributed by atoms with Gasteiger partial charge in [0.1, 0.15) is 11.5 Å². The van der Waals surface area contributed by atoms with Crippen LogP contribution in [-0.4, -0.2) is 59.4 Å². The van der Waals surface area contributed by atoms with Crippen molar-refractivity contribution in [1.82, 2.24) is 9.80 Å². The van der Waals surface area contributed by atoms with Crippen molar-refractivity contribution >= 4 is 17.4 Å². The van der Waals surface area contributed by atoms with E-state index in [4.69, 9.17) is 4.74 Å². The summed E-state index contributed by atoms with van der Waals surface area (Å²) in [4.78, 5) is 30.0. The second-order valence-corrected chi connectivity index (χ2v) is 8.16. The van der Waals surface area contributed by atoms with Crippen molar-refractivity contribution in [2.75, 3.05) is 32.8 Å². The van der Waals surface area contributed by atoms with Crippen molar-refractivity contribution in [3.8, 4) is 5.75 Å². The zero-order valence-corrected chi connectivity index (χ0v) is 19.8. The average molecular weight is 451 g/mol. The lowest BCUT2D eigenvalue weighted by atomic mass is 9.95. The van der Waals surface area contributed by atoms with Crippen molar-refractivity contribution in [3.05, 3.63) is 71.3 Å². The highest BCUT2D eigenvalue weighted by atomic mass is 16.5. The van der Waals surface area contributed by atoms with Gasteiger partial charge in [-0.15, -0.1) is 0 Å². The summed E-state index contributed by atoms with van der Waals surface area (Å²) in [7, 11) is 0. The molecule has 0 radical (unpaired) electrons. The van der Waals surface area contributed by atoms with E-state index in [1.807, 2.05) is 37.3 Å². The van der Waals surface area contributed by atoms with Gasteiger partial charge in [-0.3, -0.25) is 9.59 Å². The topological polar surface area (TPSA) is 70.1 Å². The van der Waals surface area contributed by atoms with Crippen LogP contribution in [0.25, 0.3) is 5.76 Å². The summed E-state index contributed by atoms with van der Waals surface area (Å²) in [5.41, 5.74) is 1.43. The molecule has 1 aliphatic heterocycles. The number of rotatable bonds is 11. The number of Topliss-reactive ketones (excluding diaryl/α,β-unsaturated/α-hetero) is 1. The number of hydrogen-bond donors (Lipinski definition) is 1. The second kappa shape index (κ2) is 11.7. The Balaban J connectivity index is 1.97. The summed E-state index contributed by atoms with van der Waals surface area (Å²) < 4.78 is 5.69. The summed E-state index contributed by atoms with van der Waals surface area (Å²) >= 11 is 0. The minimum atomic E-state index is -0.643. The van der Waals surface area contributed by atoms with E-state index in [0.717, 1.165) is 43.8 Å². The number of aliphatic hydroxyl groups is 1. The maximum Gasteiger partial charge on any atom is 0.295 e. The minimum Gasteiger partial charge on any atom is -0.507 e. The van der Waals surface area contributed by atoms with E-state index >= 15 is 0 Å². The van der Waals surface area contributed by atoms with Crippen LogP contribution < -0.4 is 4.74 Å². The van der Waals surface area contributed by atoms with Crippen molar-refractivity contribution in [2.45, 2.75) is 39.7 Å². The molecule has 1 atom stereocenters. The summed E-state index contributed by atoms with van der Waals surface area (Å²) in [6.45, 7) is 10.0. The van der Waals surface area contributed by atoms with E-state index < -0.39 is 17.7 Å². The number of aliphatic hydroxyl groups excluding tert-OH is 1. The first-order valence-corrected chi connectivity index (χ1v) is 11.8. The molecule has 0 spiro atoms. The van der Waals surface area contributed by atoms with Gasteiger partial charge in [0.15, 0.2) is 0 Å². The Labute approximate surface area is 196 Å². The third kappa shape index (κ3) is 5.63. The van der Waals surface area contributed by atoms with Crippen LogP contribution in [-0.2, 0) is 9.59 Å². The van der Waals surface area contributed by atoms with Gasteiger partial charge in [0.05, 0.1) is 18.2 Å². The molecular weight excluding hydrogens is 416 g/mol. The molecule has 1 heterocycles. The minimum absolute atomic E-state index is 0.135. The monoisotopic (exact) mass is 450 g/mol. The summed E-state index contributed by atoms with van der Waals surface area (Å²) in [6.07, 6.45) is 1.65. The maximum atomic E-state index is 13.1. The average Bonchev–Trinajstić information content (AvgIpc) is 3.10. The largest absolute Gasteiger partial charge is 0.507 e. The van der Waals surface area contributed by atoms with E-state index in [-0.39, 0.29) is 11.3 Å². The summed E-state index contributed by atoms with van der Waals surface area (Å²) in [5, 5.41) is 11.1. The van der Waals surface area contributed by atoms with Crippen molar-refractivity contribution in [1.29, 1.82) is 0 Å². The van der Waals surface area contributed by atoms with Crippen LogP contribution in [0.3, 0.4) is 0 Å². The third-order valence-electron chi connectivity index (χ3n) is 6.02. The molecule has 6 heteroatoms. The van der Waals surface area contributed by atoms with Crippen LogP contribution in [0.5, 0.6) is 5.75 Å². The van der Waals surface area contributed by atoms with Gasteiger partial charge in [-0.2, -0.15) is 0 Å². The molecule has 1 aliphatic rings. The van der Waals surface area contributed by atoms with Gasteiger partial charge in [-0.25, -0.2) is 0 Å². The van der Waals surface area contributed by atoms with E-state index in [1.165, 1.54) is 0 Å². The van der Waals surface area contributed by atoms with Crippen molar-refractivity contribution in [2.24, 2.45) is 0 Å². The number of benzene rings is 2. The van der Waals surface area contributed by atoms with Gasteiger partial charge in [0, 0.05) is 12.1 Å². The molecule has 0 bridgehead atoms. The van der Waals surface area contributed by atoms with Gasteiger partial charge >= 0.3 is 0 Å². The van der Waals surface area contributed by atoms with Gasteiger partial charge in [-0.1, -0.05) is 63.2 Å². The fourth-order valence-electron chi connectivity index (χ4n) is 4.18. The van der Waals surface area contributed by atoms with E-state index in [9.17, 15) is 14.7 Å². The molecular formula is C27H34N2O4. The Bertz CT molecular complexity index is 965. The predicted octanol–water partition coefficient (Wildman–Crippen LogP) is 4.63. The normalized spacial score (nSPS) is 17.7. The van der Waals surface area contributed by atoms with E-state index in [1.54, 1.807) is 29.2 Å². The molecule has 33 heavy (non-hydrogen) atoms. The summed E-state index contributed by atoms with van der Waals surface area (Å²) in [5.74, 6) is -0.613. The standard InChI is InChI=1S/C27H34N2O4/c1-4-19-33-22-15-13-20(14-16-22)24-23(25(30)21-11-8-7-9-12-21)26(31)27(32)29(24)18-10-17-28(5-2)6-3/h7-9,11-16,24,30H,4-6,10,17-19H2,1-3H3/t24-/m0/s1. The molecule has 1 fully saturated rings. The number of carbonyl (C=O) groups is 2. The van der Waals surface area contributed by atoms with Gasteiger partial charge < -0.3 is 19.6 Å². The lowest BCUT2D eigenvalue weighted by Crippen LogP contribution is -2.33. The number of ether oxygens (including phenoxy) is 1. The first kappa shape index (κ1) is 24.5. The zero-order valence-electron chi connectivity index (χ0n) is 19.8. The molecule has 0 unspecified atom stereocenters. The Kier molecular flexibility index (Phi) is 8.66. The van der Waals surface area contributed by atoms with Crippen LogP contribution in [0.15, 0.2) is 60.2 Å². The maximum absolute atomic E-state index is 13.1. The van der Waals surface area contributed by atoms with Crippen LogP contribution in [0.2, 0.25) is 0 Å². The zero-order chi connectivity index (χ0) is 23.8. The highest BCUT2D eigenvalue weighted by Gasteiger charge is 2.45. The Morgan fingerprint density at radius 3 is 2.27 bits per heavy atom. The quantitative estimate of drug-likeness (QED) is 0.307. The fraction of sp³-hybridized carbons (Fsp3) is 0.407. The first-order chi connectivity index (χ1) is 16.0. The molecule has 176 valence electrons. The number of hydrogen-bond acceptors (Lipinski definition) is 5. The van der Waals surface area contributed by atoms with E-state index in [0.29, 0.717) is 18.7 Å². The SMILES string of the molecule is CCCOc1ccc([C@H]2C(=C(O)c3ccccc3)C(=O)C(=O)N2CCCN(CC)CC)cc1. The summed E-state index contributed by atoms with van der Waals surface area (Å²) in [6, 6.07) is 15.7. The number of nitrogens with zero attached hydrogens (tertiary/aromatic N) is 2. The first-order valence-electron chi connectivity index (χ1n) is 11.8. The Morgan fingerprint density at radius 2 is 1.67 bits per heavy atom. The molecule has 0 aromatic heterocycles. The molecule has 2 aromatic rings. The molecule has 2 aromatic carbocycles. The molecule has 1 amide bonds. The Hall–Kier alpha value is -3.12. The highest BCUT2D eigenvalue weighted by Crippen LogP contribution is 2.39. The fourth-order valence-corrected chi connectivity index (χ4v) is 4.18. The van der Waals surface area contributed by atoms with Gasteiger partial charge in [0.25, 0.3) is 11.7 Å². The number of likely N-dealkylation sites (tertiary alicyclic amines) is 1. The van der Waals surface area contributed by atoms with Gasteiger partial charge in [-0.05, 0) is 50.2 Å². The number of amides is 1. The molecule has 1 saturated heterocycles. The smallest absolute Gasteiger partial charge is 0.295 e. The molecule has 6 nitrogen and oxygen atoms in total. The van der Waals surface area contributed by atoms with Crippen LogP contribution in [0, 0.1) is 0 Å². The van der Waals surface area contributed by atoms with Gasteiger partial charge in [0.2, 0.25) is 0 Å². The lowest BCUT2D eigenvalue weighted by Gasteiger charge is -2.27. The Morgan fingerprint density at radius 1 is 1.00 bits per heavy atom. The van der Waals surface area contributed by atoms with Crippen molar-refractivity contribution < 1.29 is 19.4 Å². The molecule has 0 saturated carbocycles. The highest BCUT2D eigenvalue weighted by molar-refractivity contribution is 6.46. The molecule has 0 aliphatic carbocycles. The van der Waals surface area contributed by atoms with Crippen LogP contribution >= 0.6 is 0 Å². The third-order valence-corrected chi connectivity index (χ3v) is 6.02. The van der Waals surface area contributed by atoms with Crippen LogP contribution in [0.1, 0.15) is 50.8 Å². The molecule has 3 rings (SSSR count).